The Kier molecular flexibility index (Phi) is 6.30. The van der Waals surface area contributed by atoms with E-state index in [1.807, 2.05) is 16.8 Å². The number of aromatic nitrogens is 5. The number of H-pyrrole nitrogens is 1. The van der Waals surface area contributed by atoms with Crippen LogP contribution in [-0.4, -0.2) is 49.3 Å². The topological polar surface area (TPSA) is 62.6 Å². The van der Waals surface area contributed by atoms with Gasteiger partial charge in [-0.05, 0) is 80.6 Å². The number of aromatic amines is 1. The van der Waals surface area contributed by atoms with E-state index in [4.69, 9.17) is 0 Å². The van der Waals surface area contributed by atoms with Crippen LogP contribution in [0, 0.1) is 5.92 Å². The zero-order valence-electron chi connectivity index (χ0n) is 18.8. The minimum absolute atomic E-state index is 0.498. The van der Waals surface area contributed by atoms with Crippen molar-refractivity contribution < 1.29 is 0 Å². The number of likely N-dealkylation sites (tertiary alicyclic amines) is 1. The third kappa shape index (κ3) is 4.75. The smallest absolute Gasteiger partial charge is 0.123 e. The van der Waals surface area contributed by atoms with E-state index in [1.54, 1.807) is 12.7 Å². The lowest BCUT2D eigenvalue weighted by Crippen LogP contribution is -2.36. The molecular weight excluding hydrogens is 396 g/mol. The molecule has 1 saturated heterocycles. The summed E-state index contributed by atoms with van der Waals surface area (Å²) < 4.78 is 1.96. The predicted octanol–water partition coefficient (Wildman–Crippen LogP) is 4.98. The fraction of sp³-hybridized carbons (Fsp3) is 0.423. The van der Waals surface area contributed by atoms with E-state index in [2.05, 4.69) is 68.5 Å². The Labute approximate surface area is 189 Å². The first-order valence-corrected chi connectivity index (χ1v) is 11.8. The molecule has 4 heterocycles. The SMILES string of the molecule is C[C@H](CN1CCC(CCCc2c[nH]c3ccc(-n4cnnc4)cc23)CC1)c1ccccn1. The summed E-state index contributed by atoms with van der Waals surface area (Å²) in [6, 6.07) is 12.7. The number of nitrogens with zero attached hydrogens (tertiary/aromatic N) is 5. The van der Waals surface area contributed by atoms with Crippen LogP contribution in [0.5, 0.6) is 0 Å². The largest absolute Gasteiger partial charge is 0.361 e. The molecule has 32 heavy (non-hydrogen) atoms. The summed E-state index contributed by atoms with van der Waals surface area (Å²) in [5.41, 5.74) is 4.93. The van der Waals surface area contributed by atoms with Gasteiger partial charge in [-0.2, -0.15) is 0 Å². The Balaban J connectivity index is 1.10. The molecule has 1 N–H and O–H groups in total. The first-order valence-electron chi connectivity index (χ1n) is 11.8. The van der Waals surface area contributed by atoms with Crippen molar-refractivity contribution in [1.29, 1.82) is 0 Å². The fourth-order valence-electron chi connectivity index (χ4n) is 5.06. The second-order valence-electron chi connectivity index (χ2n) is 9.20. The number of hydrogen-bond donors (Lipinski definition) is 1. The van der Waals surface area contributed by atoms with Crippen LogP contribution in [0.25, 0.3) is 16.6 Å². The normalized spacial score (nSPS) is 16.5. The highest BCUT2D eigenvalue weighted by Crippen LogP contribution is 2.27. The zero-order valence-corrected chi connectivity index (χ0v) is 18.8. The summed E-state index contributed by atoms with van der Waals surface area (Å²) in [6.07, 6.45) is 13.9. The molecule has 0 spiro atoms. The van der Waals surface area contributed by atoms with Crippen molar-refractivity contribution in [3.05, 3.63) is 72.7 Å². The molecule has 1 aliphatic heterocycles. The molecule has 166 valence electrons. The molecule has 0 saturated carbocycles. The monoisotopic (exact) mass is 428 g/mol. The third-order valence-corrected chi connectivity index (χ3v) is 6.96. The standard InChI is InChI=1S/C26H32N6/c1-20(25-7-2-3-12-27-25)17-31-13-10-21(11-14-31)5-4-6-22-16-28-26-9-8-23(15-24(22)26)32-18-29-30-19-32/h2-3,7-9,12,15-16,18-21,28H,4-6,10-11,13-14,17H2,1H3/t20-/m1/s1. The van der Waals surface area contributed by atoms with Gasteiger partial charge < -0.3 is 9.88 Å². The molecule has 1 aliphatic rings. The van der Waals surface area contributed by atoms with E-state index in [0.717, 1.165) is 24.6 Å². The van der Waals surface area contributed by atoms with Crippen LogP contribution < -0.4 is 0 Å². The van der Waals surface area contributed by atoms with Crippen molar-refractivity contribution in [3.8, 4) is 5.69 Å². The highest BCUT2D eigenvalue weighted by Gasteiger charge is 2.21. The van der Waals surface area contributed by atoms with Crippen molar-refractivity contribution in [1.82, 2.24) is 29.6 Å². The lowest BCUT2D eigenvalue weighted by Gasteiger charge is -2.33. The molecule has 6 heteroatoms. The molecule has 1 aromatic carbocycles. The molecular formula is C26H32N6. The van der Waals surface area contributed by atoms with Gasteiger partial charge in [-0.1, -0.05) is 19.4 Å². The van der Waals surface area contributed by atoms with Crippen molar-refractivity contribution >= 4 is 10.9 Å². The van der Waals surface area contributed by atoms with Gasteiger partial charge in [0.1, 0.15) is 12.7 Å². The van der Waals surface area contributed by atoms with E-state index in [-0.39, 0.29) is 0 Å². The van der Waals surface area contributed by atoms with Crippen LogP contribution in [0.2, 0.25) is 0 Å². The second kappa shape index (κ2) is 9.65. The molecule has 0 radical (unpaired) electrons. The number of nitrogens with one attached hydrogen (secondary N) is 1. The van der Waals surface area contributed by atoms with Crippen LogP contribution >= 0.6 is 0 Å². The highest BCUT2D eigenvalue weighted by atomic mass is 15.2. The summed E-state index contributed by atoms with van der Waals surface area (Å²) in [4.78, 5) is 10.6. The van der Waals surface area contributed by atoms with Crippen LogP contribution in [0.4, 0.5) is 0 Å². The molecule has 1 fully saturated rings. The van der Waals surface area contributed by atoms with E-state index >= 15 is 0 Å². The number of benzene rings is 1. The minimum atomic E-state index is 0.498. The van der Waals surface area contributed by atoms with Gasteiger partial charge in [0.05, 0.1) is 0 Å². The van der Waals surface area contributed by atoms with Gasteiger partial charge in [0.25, 0.3) is 0 Å². The molecule has 3 aromatic heterocycles. The van der Waals surface area contributed by atoms with Gasteiger partial charge in [0, 0.05) is 47.1 Å². The number of pyridine rings is 1. The molecule has 0 unspecified atom stereocenters. The van der Waals surface area contributed by atoms with Gasteiger partial charge in [-0.25, -0.2) is 0 Å². The van der Waals surface area contributed by atoms with Crippen molar-refractivity contribution in [2.24, 2.45) is 5.92 Å². The van der Waals surface area contributed by atoms with E-state index in [9.17, 15) is 0 Å². The number of aryl methyl sites for hydroxylation is 1. The summed E-state index contributed by atoms with van der Waals surface area (Å²) in [5, 5.41) is 9.16. The molecule has 0 bridgehead atoms. The fourth-order valence-corrected chi connectivity index (χ4v) is 5.06. The summed E-state index contributed by atoms with van der Waals surface area (Å²) >= 11 is 0. The van der Waals surface area contributed by atoms with E-state index in [1.165, 1.54) is 60.9 Å². The molecule has 4 aromatic rings. The average Bonchev–Trinajstić information content (AvgIpc) is 3.51. The Bertz CT molecular complexity index is 1110. The Morgan fingerprint density at radius 3 is 2.72 bits per heavy atom. The third-order valence-electron chi connectivity index (χ3n) is 6.96. The second-order valence-corrected chi connectivity index (χ2v) is 9.20. The first kappa shape index (κ1) is 20.9. The Hall–Kier alpha value is -2.99. The maximum atomic E-state index is 4.53. The van der Waals surface area contributed by atoms with Gasteiger partial charge in [0.15, 0.2) is 0 Å². The lowest BCUT2D eigenvalue weighted by molar-refractivity contribution is 0.170. The first-order chi connectivity index (χ1) is 15.8. The van der Waals surface area contributed by atoms with Gasteiger partial charge in [-0.15, -0.1) is 10.2 Å². The highest BCUT2D eigenvalue weighted by molar-refractivity contribution is 5.85. The molecule has 6 nitrogen and oxygen atoms in total. The van der Waals surface area contributed by atoms with Crippen LogP contribution in [0.15, 0.2) is 61.4 Å². The van der Waals surface area contributed by atoms with E-state index < -0.39 is 0 Å². The van der Waals surface area contributed by atoms with Crippen molar-refractivity contribution in [2.45, 2.75) is 44.9 Å². The van der Waals surface area contributed by atoms with Crippen LogP contribution in [-0.2, 0) is 6.42 Å². The quantitative estimate of drug-likeness (QED) is 0.430. The van der Waals surface area contributed by atoms with Gasteiger partial charge >= 0.3 is 0 Å². The molecule has 0 aliphatic carbocycles. The van der Waals surface area contributed by atoms with E-state index in [0.29, 0.717) is 5.92 Å². The number of hydrogen-bond acceptors (Lipinski definition) is 4. The number of piperidine rings is 1. The summed E-state index contributed by atoms with van der Waals surface area (Å²) in [5.74, 6) is 1.35. The van der Waals surface area contributed by atoms with Crippen LogP contribution in [0.1, 0.15) is 49.8 Å². The van der Waals surface area contributed by atoms with Crippen LogP contribution in [0.3, 0.4) is 0 Å². The molecule has 5 rings (SSSR count). The zero-order chi connectivity index (χ0) is 21.8. The molecule has 1 atom stereocenters. The minimum Gasteiger partial charge on any atom is -0.361 e. The summed E-state index contributed by atoms with van der Waals surface area (Å²) in [6.45, 7) is 5.85. The predicted molar refractivity (Wildman–Crippen MR) is 128 cm³/mol. The van der Waals surface area contributed by atoms with Gasteiger partial charge in [-0.3, -0.25) is 9.55 Å². The number of fused-ring (bicyclic) bond motifs is 1. The molecule has 0 amide bonds. The lowest BCUT2D eigenvalue weighted by atomic mass is 9.90. The Morgan fingerprint density at radius 2 is 1.94 bits per heavy atom. The maximum Gasteiger partial charge on any atom is 0.123 e. The average molecular weight is 429 g/mol. The van der Waals surface area contributed by atoms with Gasteiger partial charge in [0.2, 0.25) is 0 Å². The van der Waals surface area contributed by atoms with Crippen molar-refractivity contribution in [2.75, 3.05) is 19.6 Å². The number of rotatable bonds is 8. The van der Waals surface area contributed by atoms with Crippen molar-refractivity contribution in [3.63, 3.8) is 0 Å². The summed E-state index contributed by atoms with van der Waals surface area (Å²) in [7, 11) is 0. The Morgan fingerprint density at radius 1 is 1.09 bits per heavy atom. The maximum absolute atomic E-state index is 4.53.